The summed E-state index contributed by atoms with van der Waals surface area (Å²) >= 11 is 0. The first-order valence-corrected chi connectivity index (χ1v) is 7.73. The summed E-state index contributed by atoms with van der Waals surface area (Å²) in [4.78, 5) is 23.9. The molecule has 0 bridgehead atoms. The normalized spacial score (nSPS) is 14.5. The van der Waals surface area contributed by atoms with Crippen LogP contribution in [0.15, 0.2) is 35.4 Å². The quantitative estimate of drug-likeness (QED) is 0.938. The molecule has 0 saturated heterocycles. The van der Waals surface area contributed by atoms with Crippen molar-refractivity contribution < 1.29 is 9.59 Å². The Labute approximate surface area is 140 Å². The van der Waals surface area contributed by atoms with Gasteiger partial charge in [-0.1, -0.05) is 17.7 Å². The number of rotatable bonds is 3. The average molecular weight is 325 g/mol. The summed E-state index contributed by atoms with van der Waals surface area (Å²) in [6.45, 7) is 3.88. The number of hydrazone groups is 1. The fourth-order valence-electron chi connectivity index (χ4n) is 2.49. The highest BCUT2D eigenvalue weighted by Gasteiger charge is 2.23. The van der Waals surface area contributed by atoms with Gasteiger partial charge in [0.1, 0.15) is 11.5 Å². The van der Waals surface area contributed by atoms with Crippen molar-refractivity contribution >= 4 is 23.3 Å². The summed E-state index contributed by atoms with van der Waals surface area (Å²) in [6.07, 6.45) is 0.631. The topological polar surface area (TPSA) is 79.6 Å². The molecule has 7 heteroatoms. The van der Waals surface area contributed by atoms with Crippen molar-refractivity contribution in [2.24, 2.45) is 5.10 Å². The number of hydrogen-bond acceptors (Lipinski definition) is 4. The summed E-state index contributed by atoms with van der Waals surface area (Å²) in [5.41, 5.74) is 3.15. The van der Waals surface area contributed by atoms with Gasteiger partial charge in [-0.25, -0.2) is 9.69 Å². The van der Waals surface area contributed by atoms with Crippen molar-refractivity contribution in [1.29, 1.82) is 0 Å². The minimum absolute atomic E-state index is 0.0907. The molecule has 1 aliphatic heterocycles. The van der Waals surface area contributed by atoms with Gasteiger partial charge < -0.3 is 5.32 Å². The van der Waals surface area contributed by atoms with E-state index in [1.165, 1.54) is 5.01 Å². The number of anilines is 1. The average Bonchev–Trinajstić information content (AvgIpc) is 2.91. The Morgan fingerprint density at radius 2 is 1.88 bits per heavy atom. The van der Waals surface area contributed by atoms with E-state index in [4.69, 9.17) is 0 Å². The number of amides is 2. The maximum absolute atomic E-state index is 12.4. The lowest BCUT2D eigenvalue weighted by Gasteiger charge is -2.19. The van der Waals surface area contributed by atoms with Crippen molar-refractivity contribution in [3.05, 3.63) is 41.6 Å². The third kappa shape index (κ3) is 3.19. The standard InChI is InChI=1S/C17H19N5O2/c1-11-4-6-13(7-5-11)22-15(10-12(2)19-22)18-17(24)14-8-9-16(23)21(3)20-14/h4-7,10H,8-9H2,1-3H3,(H,18,24). The second-order valence-corrected chi connectivity index (χ2v) is 5.84. The fraction of sp³-hybridized carbons (Fsp3) is 0.294. The van der Waals surface area contributed by atoms with Crippen LogP contribution in [-0.2, 0) is 9.59 Å². The molecule has 0 atom stereocenters. The van der Waals surface area contributed by atoms with E-state index in [2.05, 4.69) is 15.5 Å². The molecule has 1 aromatic heterocycles. The molecule has 24 heavy (non-hydrogen) atoms. The van der Waals surface area contributed by atoms with Crippen LogP contribution in [0.1, 0.15) is 24.1 Å². The van der Waals surface area contributed by atoms with Crippen LogP contribution in [0, 0.1) is 13.8 Å². The highest BCUT2D eigenvalue weighted by Crippen LogP contribution is 2.18. The van der Waals surface area contributed by atoms with E-state index in [0.717, 1.165) is 16.9 Å². The minimum atomic E-state index is -0.317. The Balaban J connectivity index is 1.86. The Morgan fingerprint density at radius 1 is 1.17 bits per heavy atom. The van der Waals surface area contributed by atoms with Gasteiger partial charge in [0, 0.05) is 26.0 Å². The lowest BCUT2D eigenvalue weighted by atomic mass is 10.1. The van der Waals surface area contributed by atoms with Gasteiger partial charge in [0.15, 0.2) is 0 Å². The molecule has 7 nitrogen and oxygen atoms in total. The number of benzene rings is 1. The predicted molar refractivity (Wildman–Crippen MR) is 91.1 cm³/mol. The molecule has 0 unspecified atom stereocenters. The number of aryl methyl sites for hydroxylation is 2. The number of carbonyl (C=O) groups is 2. The highest BCUT2D eigenvalue weighted by atomic mass is 16.2. The molecule has 124 valence electrons. The first kappa shape index (κ1) is 15.9. The Morgan fingerprint density at radius 3 is 2.54 bits per heavy atom. The van der Waals surface area contributed by atoms with Crippen LogP contribution in [0.2, 0.25) is 0 Å². The van der Waals surface area contributed by atoms with Gasteiger partial charge >= 0.3 is 0 Å². The van der Waals surface area contributed by atoms with Crippen molar-refractivity contribution in [2.75, 3.05) is 12.4 Å². The molecule has 1 aromatic carbocycles. The van der Waals surface area contributed by atoms with E-state index in [0.29, 0.717) is 24.4 Å². The van der Waals surface area contributed by atoms with Crippen LogP contribution >= 0.6 is 0 Å². The molecule has 0 aliphatic carbocycles. The summed E-state index contributed by atoms with van der Waals surface area (Å²) in [5, 5.41) is 12.5. The maximum atomic E-state index is 12.4. The minimum Gasteiger partial charge on any atom is -0.305 e. The van der Waals surface area contributed by atoms with Crippen LogP contribution < -0.4 is 5.32 Å². The first-order chi connectivity index (χ1) is 11.4. The number of nitrogens with zero attached hydrogens (tertiary/aromatic N) is 4. The Kier molecular flexibility index (Phi) is 4.16. The van der Waals surface area contributed by atoms with Crippen LogP contribution in [0.5, 0.6) is 0 Å². The lowest BCUT2D eigenvalue weighted by molar-refractivity contribution is -0.130. The lowest BCUT2D eigenvalue weighted by Crippen LogP contribution is -2.34. The largest absolute Gasteiger partial charge is 0.305 e. The third-order valence-corrected chi connectivity index (χ3v) is 3.82. The fourth-order valence-corrected chi connectivity index (χ4v) is 2.49. The maximum Gasteiger partial charge on any atom is 0.273 e. The number of hydrogen-bond donors (Lipinski definition) is 1. The summed E-state index contributed by atoms with van der Waals surface area (Å²) in [7, 11) is 1.55. The van der Waals surface area contributed by atoms with E-state index < -0.39 is 0 Å². The van der Waals surface area contributed by atoms with Crippen LogP contribution in [0.4, 0.5) is 5.82 Å². The van der Waals surface area contributed by atoms with Crippen molar-refractivity contribution in [3.63, 3.8) is 0 Å². The van der Waals surface area contributed by atoms with E-state index in [1.54, 1.807) is 17.8 Å². The van der Waals surface area contributed by atoms with E-state index in [1.807, 2.05) is 38.1 Å². The molecule has 3 rings (SSSR count). The first-order valence-electron chi connectivity index (χ1n) is 7.73. The Hall–Kier alpha value is -2.96. The van der Waals surface area contributed by atoms with Gasteiger partial charge in [-0.3, -0.25) is 9.59 Å². The molecular weight excluding hydrogens is 306 g/mol. The molecule has 1 aliphatic rings. The Bertz CT molecular complexity index is 820. The summed E-state index contributed by atoms with van der Waals surface area (Å²) in [6, 6.07) is 9.67. The van der Waals surface area contributed by atoms with Crippen molar-refractivity contribution in [2.45, 2.75) is 26.7 Å². The van der Waals surface area contributed by atoms with E-state index >= 15 is 0 Å². The molecule has 2 amide bonds. The summed E-state index contributed by atoms with van der Waals surface area (Å²) in [5.74, 6) is 0.165. The van der Waals surface area contributed by atoms with Crippen LogP contribution in [0.3, 0.4) is 0 Å². The van der Waals surface area contributed by atoms with Gasteiger partial charge in [-0.05, 0) is 26.0 Å². The second kappa shape index (κ2) is 6.27. The molecule has 1 N–H and O–H groups in total. The van der Waals surface area contributed by atoms with Gasteiger partial charge in [0.05, 0.1) is 11.4 Å². The van der Waals surface area contributed by atoms with Crippen LogP contribution in [-0.4, -0.2) is 39.4 Å². The van der Waals surface area contributed by atoms with E-state index in [9.17, 15) is 9.59 Å². The van der Waals surface area contributed by atoms with E-state index in [-0.39, 0.29) is 11.8 Å². The monoisotopic (exact) mass is 325 g/mol. The number of nitrogens with one attached hydrogen (secondary N) is 1. The zero-order valence-corrected chi connectivity index (χ0v) is 13.9. The van der Waals surface area contributed by atoms with Crippen molar-refractivity contribution in [3.8, 4) is 5.69 Å². The number of aromatic nitrogens is 2. The molecule has 0 fully saturated rings. The zero-order chi connectivity index (χ0) is 17.3. The summed E-state index contributed by atoms with van der Waals surface area (Å²) < 4.78 is 1.69. The second-order valence-electron chi connectivity index (χ2n) is 5.84. The SMILES string of the molecule is Cc1ccc(-n2nc(C)cc2NC(=O)C2=NN(C)C(=O)CC2)cc1. The van der Waals surface area contributed by atoms with Crippen LogP contribution in [0.25, 0.3) is 5.69 Å². The predicted octanol–water partition coefficient (Wildman–Crippen LogP) is 2.04. The molecule has 0 saturated carbocycles. The van der Waals surface area contributed by atoms with Crippen molar-refractivity contribution in [1.82, 2.24) is 14.8 Å². The smallest absolute Gasteiger partial charge is 0.273 e. The third-order valence-electron chi connectivity index (χ3n) is 3.82. The highest BCUT2D eigenvalue weighted by molar-refractivity contribution is 6.43. The number of carbonyl (C=O) groups excluding carboxylic acids is 2. The molecule has 2 heterocycles. The molecule has 2 aromatic rings. The molecular formula is C17H19N5O2. The molecule has 0 spiro atoms. The molecule has 0 radical (unpaired) electrons. The van der Waals surface area contributed by atoms with Gasteiger partial charge in [-0.2, -0.15) is 10.2 Å². The van der Waals surface area contributed by atoms with Gasteiger partial charge in [0.2, 0.25) is 5.91 Å². The van der Waals surface area contributed by atoms with Gasteiger partial charge in [-0.15, -0.1) is 0 Å². The van der Waals surface area contributed by atoms with Gasteiger partial charge in [0.25, 0.3) is 5.91 Å². The zero-order valence-electron chi connectivity index (χ0n) is 13.9.